The van der Waals surface area contributed by atoms with E-state index in [9.17, 15) is 0 Å². The maximum Gasteiger partial charge on any atom is 0.0415 e. The summed E-state index contributed by atoms with van der Waals surface area (Å²) in [6.45, 7) is 0. The standard InChI is InChI=1S/C10H11Br2N/c11-8-3-4-9(13-6-8)5-10(12)7-1-2-7/h3-4,6-7,10H,1-2,5H2. The Bertz CT molecular complexity index is 279. The first-order valence-corrected chi connectivity index (χ1v) is 6.21. The van der Waals surface area contributed by atoms with Crippen molar-refractivity contribution in [2.24, 2.45) is 5.92 Å². The van der Waals surface area contributed by atoms with Gasteiger partial charge in [-0.2, -0.15) is 0 Å². The van der Waals surface area contributed by atoms with Crippen molar-refractivity contribution in [1.82, 2.24) is 4.98 Å². The van der Waals surface area contributed by atoms with Gasteiger partial charge in [0, 0.05) is 27.6 Å². The van der Waals surface area contributed by atoms with Crippen LogP contribution in [0.25, 0.3) is 0 Å². The van der Waals surface area contributed by atoms with E-state index in [-0.39, 0.29) is 0 Å². The van der Waals surface area contributed by atoms with Gasteiger partial charge in [-0.3, -0.25) is 4.98 Å². The minimum absolute atomic E-state index is 0.626. The van der Waals surface area contributed by atoms with Crippen molar-refractivity contribution in [2.75, 3.05) is 0 Å². The summed E-state index contributed by atoms with van der Waals surface area (Å²) in [6, 6.07) is 4.13. The Balaban J connectivity index is 1.96. The lowest BCUT2D eigenvalue weighted by molar-refractivity contribution is 0.746. The van der Waals surface area contributed by atoms with Gasteiger partial charge >= 0.3 is 0 Å². The predicted molar refractivity (Wildman–Crippen MR) is 61.1 cm³/mol. The van der Waals surface area contributed by atoms with Crippen LogP contribution in [0.5, 0.6) is 0 Å². The van der Waals surface area contributed by atoms with E-state index in [0.717, 1.165) is 16.8 Å². The minimum atomic E-state index is 0.626. The van der Waals surface area contributed by atoms with Gasteiger partial charge in [0.15, 0.2) is 0 Å². The first-order valence-electron chi connectivity index (χ1n) is 4.50. The van der Waals surface area contributed by atoms with Crippen LogP contribution >= 0.6 is 31.9 Å². The number of nitrogens with zero attached hydrogens (tertiary/aromatic N) is 1. The van der Waals surface area contributed by atoms with E-state index in [1.807, 2.05) is 6.20 Å². The molecule has 2 rings (SSSR count). The zero-order chi connectivity index (χ0) is 9.26. The molecule has 0 spiro atoms. The molecule has 1 aromatic rings. The second-order valence-corrected chi connectivity index (χ2v) is 5.62. The topological polar surface area (TPSA) is 12.9 Å². The zero-order valence-electron chi connectivity index (χ0n) is 7.21. The Morgan fingerprint density at radius 1 is 1.46 bits per heavy atom. The minimum Gasteiger partial charge on any atom is -0.260 e. The largest absolute Gasteiger partial charge is 0.260 e. The van der Waals surface area contributed by atoms with Crippen LogP contribution in [-0.2, 0) is 6.42 Å². The van der Waals surface area contributed by atoms with Crippen LogP contribution in [0.4, 0.5) is 0 Å². The third-order valence-corrected chi connectivity index (χ3v) is 3.87. The molecule has 1 saturated carbocycles. The maximum absolute atomic E-state index is 4.35. The van der Waals surface area contributed by atoms with Crippen LogP contribution < -0.4 is 0 Å². The second kappa shape index (κ2) is 4.09. The van der Waals surface area contributed by atoms with Gasteiger partial charge in [-0.05, 0) is 46.8 Å². The Morgan fingerprint density at radius 2 is 2.23 bits per heavy atom. The molecule has 1 aromatic heterocycles. The summed E-state index contributed by atoms with van der Waals surface area (Å²) in [5, 5.41) is 0. The molecule has 0 bridgehead atoms. The molecule has 1 aliphatic carbocycles. The zero-order valence-corrected chi connectivity index (χ0v) is 10.4. The lowest BCUT2D eigenvalue weighted by Gasteiger charge is -2.06. The highest BCUT2D eigenvalue weighted by atomic mass is 79.9. The van der Waals surface area contributed by atoms with Crippen LogP contribution in [0.15, 0.2) is 22.8 Å². The number of halogens is 2. The average molecular weight is 305 g/mol. The molecule has 70 valence electrons. The van der Waals surface area contributed by atoms with Crippen LogP contribution in [0, 0.1) is 5.92 Å². The van der Waals surface area contributed by atoms with Gasteiger partial charge < -0.3 is 0 Å². The van der Waals surface area contributed by atoms with Crippen LogP contribution in [0.1, 0.15) is 18.5 Å². The van der Waals surface area contributed by atoms with Crippen LogP contribution in [0.3, 0.4) is 0 Å². The van der Waals surface area contributed by atoms with Gasteiger partial charge in [0.05, 0.1) is 0 Å². The lowest BCUT2D eigenvalue weighted by atomic mass is 10.1. The monoisotopic (exact) mass is 303 g/mol. The third-order valence-electron chi connectivity index (χ3n) is 2.33. The molecule has 1 unspecified atom stereocenters. The molecule has 1 atom stereocenters. The molecule has 1 nitrogen and oxygen atoms in total. The first-order chi connectivity index (χ1) is 6.25. The molecule has 1 heterocycles. The Labute approximate surface area is 95.2 Å². The highest BCUT2D eigenvalue weighted by molar-refractivity contribution is 9.10. The van der Waals surface area contributed by atoms with Gasteiger partial charge in [-0.15, -0.1) is 0 Å². The third kappa shape index (κ3) is 2.78. The van der Waals surface area contributed by atoms with E-state index in [1.54, 1.807) is 0 Å². The highest BCUT2D eigenvalue weighted by Crippen LogP contribution is 2.37. The number of hydrogen-bond donors (Lipinski definition) is 0. The van der Waals surface area contributed by atoms with E-state index >= 15 is 0 Å². The van der Waals surface area contributed by atoms with Crippen molar-refractivity contribution in [3.8, 4) is 0 Å². The lowest BCUT2D eigenvalue weighted by Crippen LogP contribution is -2.06. The van der Waals surface area contributed by atoms with E-state index in [2.05, 4.69) is 49.0 Å². The van der Waals surface area contributed by atoms with Crippen LogP contribution in [-0.4, -0.2) is 9.81 Å². The second-order valence-electron chi connectivity index (χ2n) is 3.53. The SMILES string of the molecule is Brc1ccc(CC(Br)C2CC2)nc1. The summed E-state index contributed by atoms with van der Waals surface area (Å²) in [5.74, 6) is 0.894. The van der Waals surface area contributed by atoms with E-state index in [1.165, 1.54) is 18.5 Å². The summed E-state index contributed by atoms with van der Waals surface area (Å²) < 4.78 is 1.05. The molecule has 0 amide bonds. The Kier molecular flexibility index (Phi) is 3.04. The van der Waals surface area contributed by atoms with Gasteiger partial charge in [0.1, 0.15) is 0 Å². The van der Waals surface area contributed by atoms with Crippen molar-refractivity contribution in [2.45, 2.75) is 24.1 Å². The fourth-order valence-corrected chi connectivity index (χ4v) is 2.45. The Hall–Kier alpha value is 0.110. The predicted octanol–water partition coefficient (Wildman–Crippen LogP) is 3.56. The van der Waals surface area contributed by atoms with Gasteiger partial charge in [0.25, 0.3) is 0 Å². The van der Waals surface area contributed by atoms with E-state index in [4.69, 9.17) is 0 Å². The summed E-state index contributed by atoms with van der Waals surface area (Å²) in [7, 11) is 0. The fraction of sp³-hybridized carbons (Fsp3) is 0.500. The van der Waals surface area contributed by atoms with Crippen molar-refractivity contribution in [3.63, 3.8) is 0 Å². The molecule has 3 heteroatoms. The summed E-state index contributed by atoms with van der Waals surface area (Å²) >= 11 is 7.09. The average Bonchev–Trinajstić information content (AvgIpc) is 2.91. The van der Waals surface area contributed by atoms with Crippen molar-refractivity contribution in [1.29, 1.82) is 0 Å². The van der Waals surface area contributed by atoms with Gasteiger partial charge in [0.2, 0.25) is 0 Å². The van der Waals surface area contributed by atoms with Gasteiger partial charge in [-0.25, -0.2) is 0 Å². The molecule has 13 heavy (non-hydrogen) atoms. The molecular weight excluding hydrogens is 294 g/mol. The first kappa shape index (κ1) is 9.66. The van der Waals surface area contributed by atoms with E-state index < -0.39 is 0 Å². The van der Waals surface area contributed by atoms with Crippen molar-refractivity contribution < 1.29 is 0 Å². The normalized spacial score (nSPS) is 18.6. The molecule has 0 aliphatic heterocycles. The van der Waals surface area contributed by atoms with E-state index in [0.29, 0.717) is 4.83 Å². The quantitative estimate of drug-likeness (QED) is 0.778. The molecule has 0 saturated heterocycles. The van der Waals surface area contributed by atoms with Crippen molar-refractivity contribution >= 4 is 31.9 Å². The van der Waals surface area contributed by atoms with Gasteiger partial charge in [-0.1, -0.05) is 15.9 Å². The summed E-state index contributed by atoms with van der Waals surface area (Å²) in [4.78, 5) is 4.98. The highest BCUT2D eigenvalue weighted by Gasteiger charge is 2.29. The molecule has 1 aliphatic rings. The number of alkyl halides is 1. The number of pyridine rings is 1. The molecular formula is C10H11Br2N. The smallest absolute Gasteiger partial charge is 0.0415 e. The fourth-order valence-electron chi connectivity index (χ4n) is 1.35. The Morgan fingerprint density at radius 3 is 2.77 bits per heavy atom. The molecule has 0 aromatic carbocycles. The summed E-state index contributed by atoms with van der Waals surface area (Å²) in [6.07, 6.45) is 5.68. The maximum atomic E-state index is 4.35. The molecule has 1 fully saturated rings. The summed E-state index contributed by atoms with van der Waals surface area (Å²) in [5.41, 5.74) is 1.18. The number of aromatic nitrogens is 1. The van der Waals surface area contributed by atoms with Crippen LogP contribution in [0.2, 0.25) is 0 Å². The molecule has 0 radical (unpaired) electrons. The number of rotatable bonds is 3. The number of hydrogen-bond acceptors (Lipinski definition) is 1. The van der Waals surface area contributed by atoms with Crippen molar-refractivity contribution in [3.05, 3.63) is 28.5 Å². The molecule has 0 N–H and O–H groups in total.